The third-order valence-corrected chi connectivity index (χ3v) is 11.2. The maximum Gasteiger partial charge on any atom is 0.149 e. The van der Waals surface area contributed by atoms with Gasteiger partial charge < -0.3 is 9.52 Å². The first kappa shape index (κ1) is 34.2. The van der Waals surface area contributed by atoms with Gasteiger partial charge in [-0.15, -0.1) is 0 Å². The van der Waals surface area contributed by atoms with Crippen LogP contribution in [0.15, 0.2) is 211 Å². The number of para-hydroxylation sites is 3. The fourth-order valence-corrected chi connectivity index (χ4v) is 8.47. The molecule has 11 aromatic rings. The van der Waals surface area contributed by atoms with E-state index in [1.54, 1.807) is 6.07 Å². The van der Waals surface area contributed by atoms with Gasteiger partial charge in [-0.25, -0.2) is 4.98 Å². The van der Waals surface area contributed by atoms with Gasteiger partial charge in [-0.2, -0.15) is 0 Å². The summed E-state index contributed by atoms with van der Waals surface area (Å²) < 4.78 is 9.03. The molecule has 0 atom stereocenters. The number of hydrogen-bond acceptors (Lipinski definition) is 4. The van der Waals surface area contributed by atoms with Crippen LogP contribution in [0.5, 0.6) is 5.75 Å². The summed E-state index contributed by atoms with van der Waals surface area (Å²) in [5, 5.41) is 13.4. The van der Waals surface area contributed by atoms with Crippen molar-refractivity contribution in [2.75, 3.05) is 0 Å². The van der Waals surface area contributed by atoms with Crippen molar-refractivity contribution in [3.05, 3.63) is 206 Å². The van der Waals surface area contributed by atoms with Crippen LogP contribution in [-0.2, 0) is 0 Å². The molecule has 5 nitrogen and oxygen atoms in total. The highest BCUT2D eigenvalue weighted by molar-refractivity contribution is 6.17. The standard InChI is InChI=1S/C54H35N3O2/c58-49-28-13-11-23-43(49)54-56-52-42(25-14-27-48(52)57(54)47-26-12-10-22-40(47)36-18-6-2-7-19-36)39-32-44(46-34-38(30-31-55-46)35-16-4-1-5-17-35)53-45(33-39)51-41(24-15-29-50(51)59-53)37-20-8-3-9-21-37/h1-34,58H. The van der Waals surface area contributed by atoms with Crippen LogP contribution in [-0.4, -0.2) is 19.6 Å². The summed E-state index contributed by atoms with van der Waals surface area (Å²) in [5.41, 5.74) is 15.1. The van der Waals surface area contributed by atoms with E-state index in [0.717, 1.165) is 94.4 Å². The van der Waals surface area contributed by atoms with Crippen molar-refractivity contribution in [3.8, 4) is 78.6 Å². The van der Waals surface area contributed by atoms with E-state index < -0.39 is 0 Å². The molecule has 0 saturated carbocycles. The first-order chi connectivity index (χ1) is 29.2. The lowest BCUT2D eigenvalue weighted by Crippen LogP contribution is -2.00. The summed E-state index contributed by atoms with van der Waals surface area (Å²) in [6.07, 6.45) is 1.87. The van der Waals surface area contributed by atoms with Crippen molar-refractivity contribution in [1.82, 2.24) is 14.5 Å². The minimum absolute atomic E-state index is 0.161. The van der Waals surface area contributed by atoms with Crippen LogP contribution in [0.1, 0.15) is 0 Å². The Morgan fingerprint density at radius 2 is 1.08 bits per heavy atom. The summed E-state index contributed by atoms with van der Waals surface area (Å²) >= 11 is 0. The number of hydrogen-bond donors (Lipinski definition) is 1. The van der Waals surface area contributed by atoms with Crippen LogP contribution in [0.3, 0.4) is 0 Å². The van der Waals surface area contributed by atoms with Crippen molar-refractivity contribution in [2.45, 2.75) is 0 Å². The molecule has 8 aromatic carbocycles. The van der Waals surface area contributed by atoms with Gasteiger partial charge in [-0.3, -0.25) is 9.55 Å². The molecule has 59 heavy (non-hydrogen) atoms. The lowest BCUT2D eigenvalue weighted by molar-refractivity contribution is 0.477. The third-order valence-electron chi connectivity index (χ3n) is 11.2. The van der Waals surface area contributed by atoms with Gasteiger partial charge in [0, 0.05) is 33.7 Å². The molecule has 0 amide bonds. The van der Waals surface area contributed by atoms with E-state index in [0.29, 0.717) is 11.4 Å². The summed E-state index contributed by atoms with van der Waals surface area (Å²) in [5.74, 6) is 0.807. The Hall–Kier alpha value is -8.02. The minimum Gasteiger partial charge on any atom is -0.507 e. The number of furan rings is 1. The summed E-state index contributed by atoms with van der Waals surface area (Å²) in [6, 6.07) is 68.3. The maximum absolute atomic E-state index is 11.3. The Bertz CT molecular complexity index is 3330. The van der Waals surface area contributed by atoms with Gasteiger partial charge in [0.25, 0.3) is 0 Å². The first-order valence-electron chi connectivity index (χ1n) is 19.7. The lowest BCUT2D eigenvalue weighted by atomic mass is 9.94. The van der Waals surface area contributed by atoms with Gasteiger partial charge >= 0.3 is 0 Å². The number of rotatable bonds is 7. The van der Waals surface area contributed by atoms with E-state index in [9.17, 15) is 5.11 Å². The quantitative estimate of drug-likeness (QED) is 0.176. The van der Waals surface area contributed by atoms with E-state index in [1.807, 2.05) is 54.7 Å². The van der Waals surface area contributed by atoms with Crippen molar-refractivity contribution in [3.63, 3.8) is 0 Å². The minimum atomic E-state index is 0.161. The van der Waals surface area contributed by atoms with Crippen molar-refractivity contribution >= 4 is 33.0 Å². The van der Waals surface area contributed by atoms with Crippen LogP contribution < -0.4 is 0 Å². The molecule has 5 heteroatoms. The van der Waals surface area contributed by atoms with E-state index in [-0.39, 0.29) is 5.75 Å². The molecule has 3 aromatic heterocycles. The summed E-state index contributed by atoms with van der Waals surface area (Å²) in [4.78, 5) is 10.4. The molecule has 0 bridgehead atoms. The number of aromatic nitrogens is 3. The van der Waals surface area contributed by atoms with Crippen LogP contribution in [0, 0.1) is 0 Å². The van der Waals surface area contributed by atoms with Crippen LogP contribution >= 0.6 is 0 Å². The highest BCUT2D eigenvalue weighted by atomic mass is 16.3. The number of aromatic hydroxyl groups is 1. The molecule has 3 heterocycles. The molecule has 0 saturated heterocycles. The SMILES string of the molecule is Oc1ccccc1-c1nc2c(-c3cc(-c4cc(-c5ccccc5)ccn4)c4oc5cccc(-c6ccccc6)c5c4c3)cccc2n1-c1ccccc1-c1ccccc1. The van der Waals surface area contributed by atoms with Gasteiger partial charge in [0.05, 0.1) is 28.0 Å². The second-order valence-corrected chi connectivity index (χ2v) is 14.7. The number of benzene rings is 8. The zero-order chi connectivity index (χ0) is 39.3. The molecule has 0 radical (unpaired) electrons. The average Bonchev–Trinajstić information content (AvgIpc) is 3.89. The highest BCUT2D eigenvalue weighted by Gasteiger charge is 2.24. The number of imidazole rings is 1. The monoisotopic (exact) mass is 757 g/mol. The molecule has 0 spiro atoms. The van der Waals surface area contributed by atoms with Crippen molar-refractivity contribution < 1.29 is 9.52 Å². The topological polar surface area (TPSA) is 64.1 Å². The third kappa shape index (κ3) is 5.87. The summed E-state index contributed by atoms with van der Waals surface area (Å²) in [6.45, 7) is 0. The molecule has 0 fully saturated rings. The zero-order valence-electron chi connectivity index (χ0n) is 31.8. The largest absolute Gasteiger partial charge is 0.507 e. The molecule has 11 rings (SSSR count). The Balaban J connectivity index is 1.22. The van der Waals surface area contributed by atoms with Crippen LogP contribution in [0.25, 0.3) is 106 Å². The number of fused-ring (bicyclic) bond motifs is 4. The molecular weight excluding hydrogens is 723 g/mol. The molecule has 0 aliphatic heterocycles. The zero-order valence-corrected chi connectivity index (χ0v) is 31.8. The van der Waals surface area contributed by atoms with E-state index in [4.69, 9.17) is 14.4 Å². The Kier molecular flexibility index (Phi) is 8.23. The normalized spacial score (nSPS) is 11.5. The fourth-order valence-electron chi connectivity index (χ4n) is 8.47. The lowest BCUT2D eigenvalue weighted by Gasteiger charge is -2.15. The van der Waals surface area contributed by atoms with Gasteiger partial charge in [0.1, 0.15) is 22.7 Å². The molecule has 0 aliphatic carbocycles. The number of phenols is 1. The number of nitrogens with zero attached hydrogens (tertiary/aromatic N) is 3. The number of phenolic OH excluding ortho intramolecular Hbond substituents is 1. The van der Waals surface area contributed by atoms with Crippen LogP contribution in [0.4, 0.5) is 0 Å². The number of pyridine rings is 1. The Morgan fingerprint density at radius 1 is 0.458 bits per heavy atom. The van der Waals surface area contributed by atoms with Crippen LogP contribution in [0.2, 0.25) is 0 Å². The van der Waals surface area contributed by atoms with Gasteiger partial charge in [0.15, 0.2) is 0 Å². The Labute approximate surface area is 340 Å². The second kappa shape index (κ2) is 14.2. The molecule has 1 N–H and O–H groups in total. The Morgan fingerprint density at radius 3 is 1.85 bits per heavy atom. The van der Waals surface area contributed by atoms with Gasteiger partial charge in [-0.1, -0.05) is 146 Å². The van der Waals surface area contributed by atoms with E-state index in [1.165, 1.54) is 0 Å². The van der Waals surface area contributed by atoms with Crippen molar-refractivity contribution in [1.29, 1.82) is 0 Å². The fraction of sp³-hybridized carbons (Fsp3) is 0. The summed E-state index contributed by atoms with van der Waals surface area (Å²) in [7, 11) is 0. The van der Waals surface area contributed by atoms with E-state index in [2.05, 4.69) is 150 Å². The molecule has 0 aliphatic rings. The van der Waals surface area contributed by atoms with Gasteiger partial charge in [-0.05, 0) is 88.0 Å². The first-order valence-corrected chi connectivity index (χ1v) is 19.7. The van der Waals surface area contributed by atoms with Crippen molar-refractivity contribution in [2.24, 2.45) is 0 Å². The maximum atomic E-state index is 11.3. The molecule has 0 unspecified atom stereocenters. The smallest absolute Gasteiger partial charge is 0.149 e. The van der Waals surface area contributed by atoms with E-state index >= 15 is 0 Å². The molecular formula is C54H35N3O2. The highest BCUT2D eigenvalue weighted by Crippen LogP contribution is 2.45. The second-order valence-electron chi connectivity index (χ2n) is 14.7. The predicted molar refractivity (Wildman–Crippen MR) is 240 cm³/mol. The predicted octanol–water partition coefficient (Wildman–Crippen LogP) is 14.0. The molecule has 278 valence electrons. The average molecular weight is 758 g/mol. The van der Waals surface area contributed by atoms with Gasteiger partial charge in [0.2, 0.25) is 0 Å².